The number of fused-ring (bicyclic) bond motifs is 2. The van der Waals surface area contributed by atoms with Crippen molar-refractivity contribution >= 4 is 0 Å². The third-order valence-corrected chi connectivity index (χ3v) is 5.34. The van der Waals surface area contributed by atoms with E-state index in [0.29, 0.717) is 18.2 Å². The van der Waals surface area contributed by atoms with Crippen molar-refractivity contribution in [1.82, 2.24) is 4.90 Å². The van der Waals surface area contributed by atoms with Gasteiger partial charge in [-0.3, -0.25) is 4.90 Å². The number of nitrogens with zero attached hydrogens (tertiary/aromatic N) is 1. The zero-order valence-corrected chi connectivity index (χ0v) is 11.7. The van der Waals surface area contributed by atoms with Crippen LogP contribution < -0.4 is 5.73 Å². The first-order valence-electron chi connectivity index (χ1n) is 7.88. The second kappa shape index (κ2) is 5.48. The summed E-state index contributed by atoms with van der Waals surface area (Å²) in [7, 11) is 0. The van der Waals surface area contributed by atoms with Crippen molar-refractivity contribution in [1.29, 1.82) is 0 Å². The van der Waals surface area contributed by atoms with Gasteiger partial charge in [-0.05, 0) is 43.9 Å². The number of likely N-dealkylation sites (tertiary alicyclic amines) is 1. The maximum absolute atomic E-state index is 6.34. The zero-order valence-electron chi connectivity index (χ0n) is 11.7. The first kappa shape index (κ1) is 12.9. The Balaban J connectivity index is 1.54. The van der Waals surface area contributed by atoms with E-state index in [0.717, 1.165) is 24.9 Å². The van der Waals surface area contributed by atoms with Crippen LogP contribution in [0, 0.1) is 11.8 Å². The number of hydrogen-bond donors (Lipinski definition) is 1. The molecule has 2 heterocycles. The molecule has 0 aromatic heterocycles. The molecule has 2 bridgehead atoms. The van der Waals surface area contributed by atoms with Gasteiger partial charge < -0.3 is 10.5 Å². The van der Waals surface area contributed by atoms with E-state index in [-0.39, 0.29) is 0 Å². The van der Waals surface area contributed by atoms with Gasteiger partial charge in [0, 0.05) is 25.7 Å². The molecule has 104 valence electrons. The average molecular weight is 252 g/mol. The van der Waals surface area contributed by atoms with Gasteiger partial charge in [-0.2, -0.15) is 0 Å². The number of hydrogen-bond acceptors (Lipinski definition) is 3. The molecular formula is C15H28N2O. The van der Waals surface area contributed by atoms with Gasteiger partial charge in [0.2, 0.25) is 0 Å². The van der Waals surface area contributed by atoms with Crippen LogP contribution in [0.4, 0.5) is 0 Å². The summed E-state index contributed by atoms with van der Waals surface area (Å²) in [6.45, 7) is 5.84. The maximum atomic E-state index is 6.34. The van der Waals surface area contributed by atoms with Crippen molar-refractivity contribution in [3.63, 3.8) is 0 Å². The van der Waals surface area contributed by atoms with Crippen LogP contribution in [0.25, 0.3) is 0 Å². The summed E-state index contributed by atoms with van der Waals surface area (Å²) in [6, 6.07) is 0.438. The third-order valence-electron chi connectivity index (χ3n) is 5.34. The topological polar surface area (TPSA) is 38.5 Å². The average Bonchev–Trinajstić information content (AvgIpc) is 2.71. The second-order valence-corrected chi connectivity index (χ2v) is 6.69. The number of ether oxygens (including phenoxy) is 1. The zero-order chi connectivity index (χ0) is 12.5. The Kier molecular flexibility index (Phi) is 3.92. The molecular weight excluding hydrogens is 224 g/mol. The molecule has 1 aliphatic carbocycles. The third kappa shape index (κ3) is 2.73. The highest BCUT2D eigenvalue weighted by Crippen LogP contribution is 2.33. The van der Waals surface area contributed by atoms with E-state index >= 15 is 0 Å². The number of morpholine rings is 1. The predicted octanol–water partition coefficient (Wildman–Crippen LogP) is 2.00. The van der Waals surface area contributed by atoms with Crippen molar-refractivity contribution < 1.29 is 4.74 Å². The number of nitrogens with two attached hydrogens (primary N) is 1. The molecule has 0 spiro atoms. The molecule has 2 N–H and O–H groups in total. The van der Waals surface area contributed by atoms with Gasteiger partial charge in [0.25, 0.3) is 0 Å². The summed E-state index contributed by atoms with van der Waals surface area (Å²) in [5, 5.41) is 0. The highest BCUT2D eigenvalue weighted by Gasteiger charge is 2.36. The van der Waals surface area contributed by atoms with E-state index in [1.807, 2.05) is 0 Å². The van der Waals surface area contributed by atoms with Crippen LogP contribution in [0.3, 0.4) is 0 Å². The Morgan fingerprint density at radius 3 is 2.50 bits per heavy atom. The summed E-state index contributed by atoms with van der Waals surface area (Å²) < 4.78 is 5.91. The molecule has 0 radical (unpaired) electrons. The van der Waals surface area contributed by atoms with Gasteiger partial charge in [-0.1, -0.05) is 13.3 Å². The highest BCUT2D eigenvalue weighted by atomic mass is 16.5. The lowest BCUT2D eigenvalue weighted by Crippen LogP contribution is -2.49. The summed E-state index contributed by atoms with van der Waals surface area (Å²) in [5.74, 6) is 1.65. The lowest BCUT2D eigenvalue weighted by Gasteiger charge is -2.39. The van der Waals surface area contributed by atoms with Crippen molar-refractivity contribution in [3.8, 4) is 0 Å². The van der Waals surface area contributed by atoms with Gasteiger partial charge in [-0.15, -0.1) is 0 Å². The van der Waals surface area contributed by atoms with Gasteiger partial charge in [0.05, 0.1) is 12.2 Å². The number of rotatable bonds is 3. The Labute approximate surface area is 111 Å². The van der Waals surface area contributed by atoms with E-state index in [9.17, 15) is 0 Å². The molecule has 18 heavy (non-hydrogen) atoms. The lowest BCUT2D eigenvalue weighted by molar-refractivity contribution is -0.0458. The minimum absolute atomic E-state index is 0.438. The second-order valence-electron chi connectivity index (χ2n) is 6.69. The Morgan fingerprint density at radius 1 is 1.11 bits per heavy atom. The molecule has 0 aromatic rings. The molecule has 3 fully saturated rings. The monoisotopic (exact) mass is 252 g/mol. The Hall–Kier alpha value is -0.120. The standard InChI is InChI=1S/C15H28N2O/c1-2-11-3-6-15(16)12(7-11)8-17-9-13-4-5-14(10-17)18-13/h11-15H,2-10,16H2,1H3. The van der Waals surface area contributed by atoms with Gasteiger partial charge in [-0.25, -0.2) is 0 Å². The van der Waals surface area contributed by atoms with E-state index in [4.69, 9.17) is 10.5 Å². The van der Waals surface area contributed by atoms with Crippen LogP contribution in [-0.2, 0) is 4.74 Å². The molecule has 3 rings (SSSR count). The fourth-order valence-electron chi connectivity index (χ4n) is 4.15. The smallest absolute Gasteiger partial charge is 0.0707 e. The molecule has 3 aliphatic rings. The van der Waals surface area contributed by atoms with Crippen molar-refractivity contribution in [2.75, 3.05) is 19.6 Å². The fraction of sp³-hybridized carbons (Fsp3) is 1.00. The van der Waals surface area contributed by atoms with Crippen LogP contribution >= 0.6 is 0 Å². The molecule has 2 aliphatic heterocycles. The minimum Gasteiger partial charge on any atom is -0.372 e. The van der Waals surface area contributed by atoms with Crippen LogP contribution in [0.5, 0.6) is 0 Å². The minimum atomic E-state index is 0.438. The quantitative estimate of drug-likeness (QED) is 0.835. The fourth-order valence-corrected chi connectivity index (χ4v) is 4.15. The molecule has 5 atom stereocenters. The highest BCUT2D eigenvalue weighted by molar-refractivity contribution is 4.89. The molecule has 0 amide bonds. The van der Waals surface area contributed by atoms with Crippen LogP contribution in [0.15, 0.2) is 0 Å². The maximum Gasteiger partial charge on any atom is 0.0707 e. The van der Waals surface area contributed by atoms with Crippen LogP contribution in [0.2, 0.25) is 0 Å². The van der Waals surface area contributed by atoms with Crippen LogP contribution in [0.1, 0.15) is 45.4 Å². The SMILES string of the molecule is CCC1CCC(N)C(CN2CC3CCC(C2)O3)C1. The van der Waals surface area contributed by atoms with Crippen molar-refractivity contribution in [2.45, 2.75) is 63.7 Å². The molecule has 2 saturated heterocycles. The Morgan fingerprint density at radius 2 is 1.83 bits per heavy atom. The first-order valence-corrected chi connectivity index (χ1v) is 7.88. The van der Waals surface area contributed by atoms with E-state index < -0.39 is 0 Å². The summed E-state index contributed by atoms with van der Waals surface area (Å²) >= 11 is 0. The molecule has 3 heteroatoms. The van der Waals surface area contributed by atoms with Gasteiger partial charge in [0.15, 0.2) is 0 Å². The Bertz CT molecular complexity index is 272. The van der Waals surface area contributed by atoms with Gasteiger partial charge in [0.1, 0.15) is 0 Å². The van der Waals surface area contributed by atoms with E-state index in [1.165, 1.54) is 45.1 Å². The lowest BCUT2D eigenvalue weighted by atomic mass is 9.77. The van der Waals surface area contributed by atoms with Crippen molar-refractivity contribution in [3.05, 3.63) is 0 Å². The summed E-state index contributed by atoms with van der Waals surface area (Å²) in [5.41, 5.74) is 6.34. The predicted molar refractivity (Wildman–Crippen MR) is 73.4 cm³/mol. The largest absolute Gasteiger partial charge is 0.372 e. The molecule has 5 unspecified atom stereocenters. The normalized spacial score (nSPS) is 45.3. The van der Waals surface area contributed by atoms with E-state index in [2.05, 4.69) is 11.8 Å². The molecule has 1 saturated carbocycles. The molecule has 3 nitrogen and oxygen atoms in total. The van der Waals surface area contributed by atoms with Crippen LogP contribution in [-0.4, -0.2) is 42.8 Å². The molecule has 0 aromatic carbocycles. The summed E-state index contributed by atoms with van der Waals surface area (Å²) in [4.78, 5) is 2.63. The first-order chi connectivity index (χ1) is 8.74. The van der Waals surface area contributed by atoms with E-state index in [1.54, 1.807) is 0 Å². The van der Waals surface area contributed by atoms with Gasteiger partial charge >= 0.3 is 0 Å². The summed E-state index contributed by atoms with van der Waals surface area (Å²) in [6.07, 6.45) is 8.85. The van der Waals surface area contributed by atoms with Crippen molar-refractivity contribution in [2.24, 2.45) is 17.6 Å².